The largest absolute Gasteiger partial charge is 0.494 e. The topological polar surface area (TPSA) is 65.3 Å². The van der Waals surface area contributed by atoms with Crippen molar-refractivity contribution in [3.8, 4) is 5.75 Å². The Bertz CT molecular complexity index is 1040. The summed E-state index contributed by atoms with van der Waals surface area (Å²) in [6.45, 7) is 2.92. The van der Waals surface area contributed by atoms with Crippen LogP contribution in [-0.2, 0) is 20.6 Å². The highest BCUT2D eigenvalue weighted by molar-refractivity contribution is 5.35. The van der Waals surface area contributed by atoms with Gasteiger partial charge in [0.2, 0.25) is 0 Å². The van der Waals surface area contributed by atoms with Crippen LogP contribution in [0.4, 0.5) is 0 Å². The molecule has 28 heavy (non-hydrogen) atoms. The van der Waals surface area contributed by atoms with Crippen LogP contribution in [0, 0.1) is 0 Å². The van der Waals surface area contributed by atoms with Crippen LogP contribution in [0.1, 0.15) is 29.7 Å². The minimum absolute atomic E-state index is 0.0983. The Balaban J connectivity index is 1.91. The molecule has 0 bridgehead atoms. The quantitative estimate of drug-likeness (QED) is 0.684. The van der Waals surface area contributed by atoms with Crippen LogP contribution in [0.5, 0.6) is 5.75 Å². The first-order chi connectivity index (χ1) is 13.5. The van der Waals surface area contributed by atoms with Crippen LogP contribution in [0.2, 0.25) is 0 Å². The molecule has 0 spiro atoms. The van der Waals surface area contributed by atoms with E-state index in [4.69, 9.17) is 4.74 Å². The number of nitrogens with one attached hydrogen (secondary N) is 1. The van der Waals surface area contributed by atoms with Gasteiger partial charge in [-0.2, -0.15) is 0 Å². The summed E-state index contributed by atoms with van der Waals surface area (Å²) < 4.78 is 8.09. The van der Waals surface area contributed by atoms with Gasteiger partial charge in [0.25, 0.3) is 5.56 Å². The number of nitrogens with zero attached hydrogens (tertiary/aromatic N) is 2. The van der Waals surface area contributed by atoms with Gasteiger partial charge in [-0.3, -0.25) is 9.36 Å². The molecule has 3 rings (SSSR count). The number of hydrogen-bond donors (Lipinski definition) is 1. The van der Waals surface area contributed by atoms with Crippen molar-refractivity contribution in [2.24, 2.45) is 14.1 Å². The van der Waals surface area contributed by atoms with Crippen molar-refractivity contribution in [3.63, 3.8) is 0 Å². The Hall–Kier alpha value is -3.12. The summed E-state index contributed by atoms with van der Waals surface area (Å²) in [5.41, 5.74) is 2.08. The van der Waals surface area contributed by atoms with Gasteiger partial charge in [-0.25, -0.2) is 4.79 Å². The molecule has 0 aliphatic heterocycles. The van der Waals surface area contributed by atoms with E-state index in [0.717, 1.165) is 21.4 Å². The minimum atomic E-state index is -0.333. The van der Waals surface area contributed by atoms with E-state index in [-0.39, 0.29) is 17.3 Å². The lowest BCUT2D eigenvalue weighted by molar-refractivity contribution is 0.340. The van der Waals surface area contributed by atoms with E-state index in [1.165, 1.54) is 11.6 Å². The Kier molecular flexibility index (Phi) is 6.11. The summed E-state index contributed by atoms with van der Waals surface area (Å²) in [5, 5.41) is 3.47. The van der Waals surface area contributed by atoms with Crippen molar-refractivity contribution in [2.75, 3.05) is 6.61 Å². The number of aryl methyl sites for hydroxylation is 1. The molecule has 6 nitrogen and oxygen atoms in total. The van der Waals surface area contributed by atoms with E-state index in [0.29, 0.717) is 18.7 Å². The van der Waals surface area contributed by atoms with Gasteiger partial charge >= 0.3 is 5.69 Å². The highest BCUT2D eigenvalue weighted by atomic mass is 16.5. The lowest BCUT2D eigenvalue weighted by Crippen LogP contribution is -2.39. The van der Waals surface area contributed by atoms with Crippen molar-refractivity contribution in [1.29, 1.82) is 0 Å². The van der Waals surface area contributed by atoms with Crippen LogP contribution in [0.3, 0.4) is 0 Å². The molecule has 0 aliphatic rings. The second kappa shape index (κ2) is 8.71. The van der Waals surface area contributed by atoms with Gasteiger partial charge in [0, 0.05) is 32.4 Å². The number of hydrogen-bond acceptors (Lipinski definition) is 4. The van der Waals surface area contributed by atoms with E-state index >= 15 is 0 Å². The predicted molar refractivity (Wildman–Crippen MR) is 110 cm³/mol. The van der Waals surface area contributed by atoms with E-state index in [9.17, 15) is 9.59 Å². The molecular formula is C22H25N3O3. The molecule has 0 amide bonds. The van der Waals surface area contributed by atoms with Crippen LogP contribution in [-0.4, -0.2) is 15.7 Å². The molecule has 0 fully saturated rings. The third kappa shape index (κ3) is 4.23. The minimum Gasteiger partial charge on any atom is -0.494 e. The Morgan fingerprint density at radius 3 is 2.25 bits per heavy atom. The smallest absolute Gasteiger partial charge is 0.330 e. The van der Waals surface area contributed by atoms with Crippen LogP contribution in [0.25, 0.3) is 0 Å². The van der Waals surface area contributed by atoms with E-state index in [1.807, 2.05) is 61.5 Å². The van der Waals surface area contributed by atoms with Crippen LogP contribution < -0.4 is 21.3 Å². The Labute approximate surface area is 164 Å². The standard InChI is InChI=1S/C22H25N3O3/c1-4-28-19-12-10-17(11-13-19)20(16-8-6-5-7-9-16)23-14-18-15-24(2)22(27)25(3)21(18)26/h5-13,15,20,23H,4,14H2,1-3H3. The first kappa shape index (κ1) is 19.6. The van der Waals surface area contributed by atoms with Crippen molar-refractivity contribution < 1.29 is 4.74 Å². The van der Waals surface area contributed by atoms with Crippen LogP contribution in [0.15, 0.2) is 70.4 Å². The zero-order valence-electron chi connectivity index (χ0n) is 16.4. The highest BCUT2D eigenvalue weighted by Crippen LogP contribution is 2.24. The van der Waals surface area contributed by atoms with Gasteiger partial charge in [-0.1, -0.05) is 42.5 Å². The second-order valence-corrected chi connectivity index (χ2v) is 6.64. The fourth-order valence-electron chi connectivity index (χ4n) is 3.21. The van der Waals surface area contributed by atoms with E-state index in [1.54, 1.807) is 13.2 Å². The van der Waals surface area contributed by atoms with Gasteiger partial charge in [0.15, 0.2) is 0 Å². The summed E-state index contributed by atoms with van der Waals surface area (Å²) >= 11 is 0. The molecule has 2 aromatic carbocycles. The molecule has 1 unspecified atom stereocenters. The first-order valence-electron chi connectivity index (χ1n) is 9.28. The number of benzene rings is 2. The van der Waals surface area contributed by atoms with E-state index in [2.05, 4.69) is 5.32 Å². The molecular weight excluding hydrogens is 354 g/mol. The number of rotatable bonds is 7. The second-order valence-electron chi connectivity index (χ2n) is 6.64. The monoisotopic (exact) mass is 379 g/mol. The van der Waals surface area contributed by atoms with Gasteiger partial charge in [-0.05, 0) is 30.2 Å². The molecule has 0 saturated carbocycles. The number of ether oxygens (including phenoxy) is 1. The Morgan fingerprint density at radius 2 is 1.61 bits per heavy atom. The lowest BCUT2D eigenvalue weighted by Gasteiger charge is -2.20. The van der Waals surface area contributed by atoms with E-state index < -0.39 is 0 Å². The molecule has 1 N–H and O–H groups in total. The molecule has 146 valence electrons. The fourth-order valence-corrected chi connectivity index (χ4v) is 3.21. The predicted octanol–water partition coefficient (Wildman–Crippen LogP) is 2.36. The summed E-state index contributed by atoms with van der Waals surface area (Å²) in [5.74, 6) is 0.824. The Morgan fingerprint density at radius 1 is 0.964 bits per heavy atom. The lowest BCUT2D eigenvalue weighted by atomic mass is 9.98. The summed E-state index contributed by atoms with van der Waals surface area (Å²) in [7, 11) is 3.14. The number of aromatic nitrogens is 2. The van der Waals surface area contributed by atoms with Gasteiger partial charge in [0.05, 0.1) is 12.6 Å². The third-order valence-electron chi connectivity index (χ3n) is 4.67. The van der Waals surface area contributed by atoms with Gasteiger partial charge in [0.1, 0.15) is 5.75 Å². The maximum Gasteiger partial charge on any atom is 0.330 e. The molecule has 0 aliphatic carbocycles. The van der Waals surface area contributed by atoms with Crippen molar-refractivity contribution >= 4 is 0 Å². The van der Waals surface area contributed by atoms with Gasteiger partial charge < -0.3 is 14.6 Å². The zero-order chi connectivity index (χ0) is 20.1. The molecule has 6 heteroatoms. The SMILES string of the molecule is CCOc1ccc(C(NCc2cn(C)c(=O)n(C)c2=O)c2ccccc2)cc1. The maximum absolute atomic E-state index is 12.4. The maximum atomic E-state index is 12.4. The summed E-state index contributed by atoms with van der Waals surface area (Å²) in [6.07, 6.45) is 1.60. The normalized spacial score (nSPS) is 12.0. The molecule has 1 heterocycles. The zero-order valence-corrected chi connectivity index (χ0v) is 16.4. The molecule has 1 atom stereocenters. The first-order valence-corrected chi connectivity index (χ1v) is 9.28. The fraction of sp³-hybridized carbons (Fsp3) is 0.273. The molecule has 1 aromatic heterocycles. The average molecular weight is 379 g/mol. The van der Waals surface area contributed by atoms with Crippen molar-refractivity contribution in [2.45, 2.75) is 19.5 Å². The van der Waals surface area contributed by atoms with Crippen molar-refractivity contribution in [1.82, 2.24) is 14.5 Å². The summed E-state index contributed by atoms with van der Waals surface area (Å²) in [4.78, 5) is 24.3. The highest BCUT2D eigenvalue weighted by Gasteiger charge is 2.15. The van der Waals surface area contributed by atoms with Crippen LogP contribution >= 0.6 is 0 Å². The average Bonchev–Trinajstić information content (AvgIpc) is 2.72. The third-order valence-corrected chi connectivity index (χ3v) is 4.67. The van der Waals surface area contributed by atoms with Gasteiger partial charge in [-0.15, -0.1) is 0 Å². The van der Waals surface area contributed by atoms with Crippen molar-refractivity contribution in [3.05, 3.63) is 98.3 Å². The molecule has 3 aromatic rings. The summed E-state index contributed by atoms with van der Waals surface area (Å²) in [6, 6.07) is 17.9. The molecule has 0 saturated heterocycles. The molecule has 0 radical (unpaired) electrons.